The van der Waals surface area contributed by atoms with Gasteiger partial charge in [0, 0.05) is 12.9 Å². The molecule has 13 heavy (non-hydrogen) atoms. The summed E-state index contributed by atoms with van der Waals surface area (Å²) in [7, 11) is 2.78. The van der Waals surface area contributed by atoms with Crippen molar-refractivity contribution in [2.24, 2.45) is 0 Å². The molecule has 0 aromatic rings. The van der Waals surface area contributed by atoms with Crippen molar-refractivity contribution in [1.82, 2.24) is 4.90 Å². The van der Waals surface area contributed by atoms with Crippen molar-refractivity contribution >= 4 is 23.0 Å². The third-order valence-electron chi connectivity index (χ3n) is 1.72. The van der Waals surface area contributed by atoms with Gasteiger partial charge in [0.1, 0.15) is 12.8 Å². The van der Waals surface area contributed by atoms with Crippen molar-refractivity contribution in [3.05, 3.63) is 0 Å². The average Bonchev–Trinajstić information content (AvgIpc) is 2.48. The second-order valence-corrected chi connectivity index (χ2v) is 3.47. The summed E-state index contributed by atoms with van der Waals surface area (Å²) in [5.41, 5.74) is 0. The van der Waals surface area contributed by atoms with Crippen LogP contribution in [0.1, 0.15) is 0 Å². The molecule has 1 amide bonds. The van der Waals surface area contributed by atoms with Gasteiger partial charge in [-0.3, -0.25) is 9.69 Å². The zero-order chi connectivity index (χ0) is 9.84. The maximum atomic E-state index is 11.2. The lowest BCUT2D eigenvalue weighted by molar-refractivity contribution is -0.145. The Morgan fingerprint density at radius 2 is 2.38 bits per heavy atom. The Hall–Kier alpha value is -0.750. The summed E-state index contributed by atoms with van der Waals surface area (Å²) < 4.78 is 9.36. The lowest BCUT2D eigenvalue weighted by atomic mass is 10.3. The number of esters is 1. The first-order chi connectivity index (χ1) is 6.20. The molecular weight excluding hydrogens is 194 g/mol. The van der Waals surface area contributed by atoms with Crippen LogP contribution in [-0.4, -0.2) is 48.9 Å². The van der Waals surface area contributed by atoms with Gasteiger partial charge in [-0.15, -0.1) is 0 Å². The van der Waals surface area contributed by atoms with Crippen LogP contribution in [-0.2, 0) is 14.3 Å². The van der Waals surface area contributed by atoms with Gasteiger partial charge in [0.15, 0.2) is 0 Å². The second kappa shape index (κ2) is 4.48. The molecule has 0 spiro atoms. The Balaban J connectivity index is 2.63. The highest BCUT2D eigenvalue weighted by Crippen LogP contribution is 2.24. The van der Waals surface area contributed by atoms with E-state index in [1.54, 1.807) is 0 Å². The number of carbonyl (C=O) groups excluding carboxylic acids is 2. The van der Waals surface area contributed by atoms with E-state index < -0.39 is 12.0 Å². The number of amides is 1. The van der Waals surface area contributed by atoms with E-state index in [4.69, 9.17) is 4.74 Å². The van der Waals surface area contributed by atoms with Crippen LogP contribution in [0.15, 0.2) is 0 Å². The Bertz CT molecular complexity index is 221. The van der Waals surface area contributed by atoms with Gasteiger partial charge in [0.2, 0.25) is 0 Å². The number of methoxy groups -OCH3 is 2. The maximum Gasteiger partial charge on any atom is 0.329 e. The van der Waals surface area contributed by atoms with Crippen LogP contribution in [0.5, 0.6) is 0 Å². The molecule has 0 N–H and O–H groups in total. The molecular formula is C7H11NO4S. The minimum absolute atomic E-state index is 0.131. The van der Waals surface area contributed by atoms with E-state index in [2.05, 4.69) is 4.74 Å². The number of carbonyl (C=O) groups is 2. The topological polar surface area (TPSA) is 55.8 Å². The van der Waals surface area contributed by atoms with Gasteiger partial charge in [-0.1, -0.05) is 11.8 Å². The van der Waals surface area contributed by atoms with E-state index in [0.29, 0.717) is 5.75 Å². The summed E-state index contributed by atoms with van der Waals surface area (Å²) in [5.74, 6) is 0.0462. The standard InChI is InChI=1S/C7H11NO4S/c1-11-4-8-5(6(9)12-2)3-13-7(8)10/h5H,3-4H2,1-2H3/t5-/m0/s1. The Labute approximate surface area is 80.4 Å². The van der Waals surface area contributed by atoms with Crippen LogP contribution < -0.4 is 0 Å². The molecule has 0 aromatic heterocycles. The number of hydrogen-bond acceptors (Lipinski definition) is 5. The van der Waals surface area contributed by atoms with Crippen molar-refractivity contribution in [1.29, 1.82) is 0 Å². The van der Waals surface area contributed by atoms with E-state index in [1.807, 2.05) is 0 Å². The van der Waals surface area contributed by atoms with Crippen molar-refractivity contribution in [3.8, 4) is 0 Å². The molecule has 1 rings (SSSR count). The third kappa shape index (κ3) is 2.13. The molecule has 1 atom stereocenters. The van der Waals surface area contributed by atoms with Crippen LogP contribution >= 0.6 is 11.8 Å². The third-order valence-corrected chi connectivity index (χ3v) is 2.68. The monoisotopic (exact) mass is 205 g/mol. The Kier molecular flexibility index (Phi) is 3.56. The molecule has 1 heterocycles. The summed E-state index contributed by atoms with van der Waals surface area (Å²) in [6.07, 6.45) is 0. The van der Waals surface area contributed by atoms with Crippen molar-refractivity contribution in [3.63, 3.8) is 0 Å². The summed E-state index contributed by atoms with van der Waals surface area (Å²) in [6.45, 7) is 0.131. The van der Waals surface area contributed by atoms with E-state index in [-0.39, 0.29) is 12.0 Å². The van der Waals surface area contributed by atoms with Crippen molar-refractivity contribution < 1.29 is 19.1 Å². The first-order valence-corrected chi connectivity index (χ1v) is 4.69. The molecule has 0 bridgehead atoms. The quantitative estimate of drug-likeness (QED) is 0.620. The first-order valence-electron chi connectivity index (χ1n) is 3.71. The minimum atomic E-state index is -0.498. The molecule has 1 aliphatic heterocycles. The molecule has 0 unspecified atom stereocenters. The van der Waals surface area contributed by atoms with Crippen molar-refractivity contribution in [2.75, 3.05) is 26.7 Å². The van der Waals surface area contributed by atoms with Gasteiger partial charge in [-0.05, 0) is 0 Å². The zero-order valence-electron chi connectivity index (χ0n) is 7.48. The molecule has 0 aromatic carbocycles. The minimum Gasteiger partial charge on any atom is -0.467 e. The van der Waals surface area contributed by atoms with Gasteiger partial charge >= 0.3 is 5.97 Å². The summed E-state index contributed by atoms with van der Waals surface area (Å²) in [4.78, 5) is 23.7. The maximum absolute atomic E-state index is 11.2. The molecule has 1 saturated heterocycles. The number of nitrogens with zero attached hydrogens (tertiary/aromatic N) is 1. The highest BCUT2D eigenvalue weighted by Gasteiger charge is 2.37. The van der Waals surface area contributed by atoms with E-state index in [9.17, 15) is 9.59 Å². The number of rotatable bonds is 3. The van der Waals surface area contributed by atoms with Crippen LogP contribution in [0, 0.1) is 0 Å². The fourth-order valence-electron chi connectivity index (χ4n) is 1.06. The summed E-state index contributed by atoms with van der Waals surface area (Å²) in [5, 5.41) is -0.141. The molecule has 1 fully saturated rings. The molecule has 5 nitrogen and oxygen atoms in total. The molecule has 0 aliphatic carbocycles. The van der Waals surface area contributed by atoms with Gasteiger partial charge in [-0.2, -0.15) is 0 Å². The fraction of sp³-hybridized carbons (Fsp3) is 0.714. The van der Waals surface area contributed by atoms with Gasteiger partial charge in [-0.25, -0.2) is 4.79 Å². The Morgan fingerprint density at radius 3 is 2.92 bits per heavy atom. The molecule has 74 valence electrons. The number of hydrogen-bond donors (Lipinski definition) is 0. The molecule has 0 saturated carbocycles. The molecule has 0 radical (unpaired) electrons. The largest absolute Gasteiger partial charge is 0.467 e. The average molecular weight is 205 g/mol. The van der Waals surface area contributed by atoms with Crippen molar-refractivity contribution in [2.45, 2.75) is 6.04 Å². The normalized spacial score (nSPS) is 22.2. The van der Waals surface area contributed by atoms with E-state index >= 15 is 0 Å². The molecule has 1 aliphatic rings. The van der Waals surface area contributed by atoms with E-state index in [0.717, 1.165) is 11.8 Å². The fourth-order valence-corrected chi connectivity index (χ4v) is 2.03. The first kappa shape index (κ1) is 10.3. The lowest BCUT2D eigenvalue weighted by Gasteiger charge is -2.20. The number of thioether (sulfide) groups is 1. The highest BCUT2D eigenvalue weighted by atomic mass is 32.2. The molecule has 6 heteroatoms. The summed E-state index contributed by atoms with van der Waals surface area (Å²) in [6, 6.07) is -0.498. The van der Waals surface area contributed by atoms with Gasteiger partial charge in [0.25, 0.3) is 5.24 Å². The number of ether oxygens (including phenoxy) is 2. The zero-order valence-corrected chi connectivity index (χ0v) is 8.30. The Morgan fingerprint density at radius 1 is 1.69 bits per heavy atom. The second-order valence-electron chi connectivity index (χ2n) is 2.50. The van der Waals surface area contributed by atoms with Crippen LogP contribution in [0.25, 0.3) is 0 Å². The summed E-state index contributed by atoms with van der Waals surface area (Å²) >= 11 is 1.10. The predicted octanol–water partition coefficient (Wildman–Crippen LogP) is 0.301. The SMILES string of the molecule is COCN1C(=O)SC[C@H]1C(=O)OC. The van der Waals surface area contributed by atoms with Crippen LogP contribution in [0.4, 0.5) is 4.79 Å². The van der Waals surface area contributed by atoms with E-state index in [1.165, 1.54) is 19.1 Å². The smallest absolute Gasteiger partial charge is 0.329 e. The highest BCUT2D eigenvalue weighted by molar-refractivity contribution is 8.13. The van der Waals surface area contributed by atoms with Gasteiger partial charge in [0.05, 0.1) is 7.11 Å². The van der Waals surface area contributed by atoms with Crippen LogP contribution in [0.2, 0.25) is 0 Å². The predicted molar refractivity (Wildman–Crippen MR) is 47.4 cm³/mol. The van der Waals surface area contributed by atoms with Gasteiger partial charge < -0.3 is 9.47 Å². The van der Waals surface area contributed by atoms with Crippen LogP contribution in [0.3, 0.4) is 0 Å². The lowest BCUT2D eigenvalue weighted by Crippen LogP contribution is -2.41.